The second-order valence-electron chi connectivity index (χ2n) is 5.29. The number of Topliss-reactive ketones (excluding diaryl/α,β-unsaturated/α-hetero) is 1. The number of ketones is 1. The van der Waals surface area contributed by atoms with Gasteiger partial charge in [-0.1, -0.05) is 0 Å². The molecule has 1 aliphatic rings. The number of likely N-dealkylation sites (N-methyl/N-ethyl adjacent to an activating group) is 1. The first kappa shape index (κ1) is 15.1. The van der Waals surface area contributed by atoms with Crippen LogP contribution in [0.15, 0.2) is 18.3 Å². The molecule has 1 aliphatic heterocycles. The Balaban J connectivity index is 1.73. The molecule has 2 rings (SSSR count). The van der Waals surface area contributed by atoms with Crippen LogP contribution in [0, 0.1) is 5.82 Å². The molecule has 0 amide bonds. The molecular weight excluding hydrogens is 259 g/mol. The zero-order chi connectivity index (χ0) is 14.4. The number of aromatic nitrogens is 1. The Morgan fingerprint density at radius 1 is 1.50 bits per heavy atom. The standard InChI is InChI=1S/C15H21FN2O2/c1-18(11-13-4-2-3-9-20-13)8-7-15(19)14-6-5-12(16)10-17-14/h5-6,10,13H,2-4,7-9,11H2,1H3. The van der Waals surface area contributed by atoms with E-state index in [0.717, 1.165) is 32.2 Å². The van der Waals surface area contributed by atoms with Gasteiger partial charge in [-0.25, -0.2) is 4.39 Å². The highest BCUT2D eigenvalue weighted by atomic mass is 19.1. The number of nitrogens with zero attached hydrogens (tertiary/aromatic N) is 2. The van der Waals surface area contributed by atoms with E-state index in [1.165, 1.54) is 18.6 Å². The molecule has 0 saturated carbocycles. The first-order valence-corrected chi connectivity index (χ1v) is 7.10. The van der Waals surface area contributed by atoms with Crippen molar-refractivity contribution in [3.05, 3.63) is 29.8 Å². The lowest BCUT2D eigenvalue weighted by Gasteiger charge is -2.27. The Morgan fingerprint density at radius 2 is 2.35 bits per heavy atom. The van der Waals surface area contributed by atoms with Crippen LogP contribution in [-0.2, 0) is 4.74 Å². The third-order valence-corrected chi connectivity index (χ3v) is 3.52. The molecule has 0 radical (unpaired) electrons. The van der Waals surface area contributed by atoms with Crippen molar-refractivity contribution in [3.8, 4) is 0 Å². The topological polar surface area (TPSA) is 42.4 Å². The molecule has 0 bridgehead atoms. The number of halogens is 1. The SMILES string of the molecule is CN(CCC(=O)c1ccc(F)cn1)CC1CCCCO1. The molecule has 20 heavy (non-hydrogen) atoms. The van der Waals surface area contributed by atoms with Crippen LogP contribution in [0.2, 0.25) is 0 Å². The van der Waals surface area contributed by atoms with Crippen molar-refractivity contribution in [1.29, 1.82) is 0 Å². The van der Waals surface area contributed by atoms with Crippen LogP contribution >= 0.6 is 0 Å². The fraction of sp³-hybridized carbons (Fsp3) is 0.600. The molecule has 1 unspecified atom stereocenters. The largest absolute Gasteiger partial charge is 0.377 e. The van der Waals surface area contributed by atoms with E-state index in [0.29, 0.717) is 18.7 Å². The third-order valence-electron chi connectivity index (χ3n) is 3.52. The van der Waals surface area contributed by atoms with E-state index in [1.54, 1.807) is 0 Å². The van der Waals surface area contributed by atoms with Crippen LogP contribution in [0.4, 0.5) is 4.39 Å². The van der Waals surface area contributed by atoms with Gasteiger partial charge < -0.3 is 9.64 Å². The molecule has 110 valence electrons. The highest BCUT2D eigenvalue weighted by Gasteiger charge is 2.16. The molecule has 0 N–H and O–H groups in total. The van der Waals surface area contributed by atoms with Crippen molar-refractivity contribution < 1.29 is 13.9 Å². The van der Waals surface area contributed by atoms with E-state index in [4.69, 9.17) is 4.74 Å². The van der Waals surface area contributed by atoms with Crippen LogP contribution in [-0.4, -0.2) is 48.5 Å². The molecule has 1 aromatic heterocycles. The van der Waals surface area contributed by atoms with Crippen molar-refractivity contribution in [3.63, 3.8) is 0 Å². The summed E-state index contributed by atoms with van der Waals surface area (Å²) in [6, 6.07) is 2.70. The summed E-state index contributed by atoms with van der Waals surface area (Å²) in [5.74, 6) is -0.477. The van der Waals surface area contributed by atoms with Gasteiger partial charge in [0.25, 0.3) is 0 Å². The van der Waals surface area contributed by atoms with E-state index in [2.05, 4.69) is 9.88 Å². The summed E-state index contributed by atoms with van der Waals surface area (Å²) < 4.78 is 18.4. The molecule has 0 aromatic carbocycles. The van der Waals surface area contributed by atoms with E-state index < -0.39 is 5.82 Å². The van der Waals surface area contributed by atoms with Gasteiger partial charge in [0.05, 0.1) is 12.3 Å². The highest BCUT2D eigenvalue weighted by Crippen LogP contribution is 2.13. The summed E-state index contributed by atoms with van der Waals surface area (Å²) in [6.45, 7) is 2.36. The predicted octanol–water partition coefficient (Wildman–Crippen LogP) is 2.29. The molecule has 1 saturated heterocycles. The van der Waals surface area contributed by atoms with E-state index in [-0.39, 0.29) is 11.9 Å². The molecular formula is C15H21FN2O2. The molecule has 1 aromatic rings. The maximum atomic E-state index is 12.7. The second-order valence-corrected chi connectivity index (χ2v) is 5.29. The molecule has 1 atom stereocenters. The van der Waals surface area contributed by atoms with Crippen LogP contribution in [0.1, 0.15) is 36.2 Å². The maximum absolute atomic E-state index is 12.7. The number of hydrogen-bond acceptors (Lipinski definition) is 4. The minimum absolute atomic E-state index is 0.0542. The van der Waals surface area contributed by atoms with Gasteiger partial charge in [-0.3, -0.25) is 9.78 Å². The Kier molecular flexibility index (Phi) is 5.61. The minimum atomic E-state index is -0.423. The zero-order valence-electron chi connectivity index (χ0n) is 11.8. The maximum Gasteiger partial charge on any atom is 0.182 e. The number of pyridine rings is 1. The second kappa shape index (κ2) is 7.45. The number of rotatable bonds is 6. The van der Waals surface area contributed by atoms with E-state index >= 15 is 0 Å². The average molecular weight is 280 g/mol. The molecule has 5 heteroatoms. The lowest BCUT2D eigenvalue weighted by atomic mass is 10.1. The number of ether oxygens (including phenoxy) is 1. The molecule has 2 heterocycles. The smallest absolute Gasteiger partial charge is 0.182 e. The van der Waals surface area contributed by atoms with E-state index in [1.807, 2.05) is 7.05 Å². The lowest BCUT2D eigenvalue weighted by molar-refractivity contribution is -0.00144. The molecule has 0 spiro atoms. The number of carbonyl (C=O) groups excluding carboxylic acids is 1. The lowest BCUT2D eigenvalue weighted by Crippen LogP contribution is -2.34. The summed E-state index contributed by atoms with van der Waals surface area (Å²) in [6.07, 6.45) is 5.21. The Labute approximate surface area is 118 Å². The first-order valence-electron chi connectivity index (χ1n) is 7.10. The first-order chi connectivity index (χ1) is 9.65. The average Bonchev–Trinajstić information content (AvgIpc) is 2.46. The number of hydrogen-bond donors (Lipinski definition) is 0. The van der Waals surface area contributed by atoms with Gasteiger partial charge in [0.1, 0.15) is 11.5 Å². The van der Waals surface area contributed by atoms with Gasteiger partial charge in [0, 0.05) is 26.1 Å². The van der Waals surface area contributed by atoms with Crippen molar-refractivity contribution in [1.82, 2.24) is 9.88 Å². The van der Waals surface area contributed by atoms with Gasteiger partial charge in [-0.15, -0.1) is 0 Å². The van der Waals surface area contributed by atoms with Crippen LogP contribution in [0.25, 0.3) is 0 Å². The van der Waals surface area contributed by atoms with Crippen molar-refractivity contribution in [2.75, 3.05) is 26.7 Å². The summed E-state index contributed by atoms with van der Waals surface area (Å²) in [5, 5.41) is 0. The van der Waals surface area contributed by atoms with Crippen LogP contribution < -0.4 is 0 Å². The highest BCUT2D eigenvalue weighted by molar-refractivity contribution is 5.94. The normalized spacial score (nSPS) is 19.2. The fourth-order valence-corrected chi connectivity index (χ4v) is 2.35. The van der Waals surface area contributed by atoms with E-state index in [9.17, 15) is 9.18 Å². The van der Waals surface area contributed by atoms with Gasteiger partial charge >= 0.3 is 0 Å². The number of carbonyl (C=O) groups is 1. The summed E-state index contributed by atoms with van der Waals surface area (Å²) in [7, 11) is 1.99. The molecule has 1 fully saturated rings. The minimum Gasteiger partial charge on any atom is -0.377 e. The predicted molar refractivity (Wildman–Crippen MR) is 74.2 cm³/mol. The monoisotopic (exact) mass is 280 g/mol. The van der Waals surface area contributed by atoms with Crippen LogP contribution in [0.5, 0.6) is 0 Å². The molecule has 4 nitrogen and oxygen atoms in total. The van der Waals surface area contributed by atoms with Gasteiger partial charge in [-0.05, 0) is 38.4 Å². The van der Waals surface area contributed by atoms with Crippen LogP contribution in [0.3, 0.4) is 0 Å². The Hall–Kier alpha value is -1.33. The zero-order valence-corrected chi connectivity index (χ0v) is 11.8. The van der Waals surface area contributed by atoms with Gasteiger partial charge in [0.2, 0.25) is 0 Å². The summed E-state index contributed by atoms with van der Waals surface area (Å²) in [4.78, 5) is 17.8. The summed E-state index contributed by atoms with van der Waals surface area (Å²) >= 11 is 0. The Bertz CT molecular complexity index is 430. The van der Waals surface area contributed by atoms with Crippen molar-refractivity contribution >= 4 is 5.78 Å². The van der Waals surface area contributed by atoms with Gasteiger partial charge in [-0.2, -0.15) is 0 Å². The van der Waals surface area contributed by atoms with Crippen molar-refractivity contribution in [2.24, 2.45) is 0 Å². The third kappa shape index (κ3) is 4.65. The fourth-order valence-electron chi connectivity index (χ4n) is 2.35. The Morgan fingerprint density at radius 3 is 3.00 bits per heavy atom. The quantitative estimate of drug-likeness (QED) is 0.750. The van der Waals surface area contributed by atoms with Gasteiger partial charge in [0.15, 0.2) is 5.78 Å². The summed E-state index contributed by atoms with van der Waals surface area (Å²) in [5.41, 5.74) is 0.328. The van der Waals surface area contributed by atoms with Crippen molar-refractivity contribution in [2.45, 2.75) is 31.8 Å². The molecule has 0 aliphatic carbocycles.